The molecule has 0 aromatic carbocycles. The standard InChI is InChI=1S/C12H19N3O/c16-12-9-11(3-4-14-12)10-13-5-8-15-6-1-2-7-15/h3-4,9,13H,1-2,5-8,10H2,(H,14,16). The number of pyridine rings is 1. The summed E-state index contributed by atoms with van der Waals surface area (Å²) in [6, 6.07) is 3.58. The molecule has 0 saturated carbocycles. The van der Waals surface area contributed by atoms with Crippen molar-refractivity contribution in [1.29, 1.82) is 0 Å². The van der Waals surface area contributed by atoms with E-state index in [2.05, 4.69) is 15.2 Å². The summed E-state index contributed by atoms with van der Waals surface area (Å²) in [6.45, 7) is 5.37. The molecule has 16 heavy (non-hydrogen) atoms. The zero-order valence-electron chi connectivity index (χ0n) is 9.54. The van der Waals surface area contributed by atoms with E-state index in [1.54, 1.807) is 12.3 Å². The lowest BCUT2D eigenvalue weighted by atomic mass is 10.3. The Hall–Kier alpha value is -1.13. The van der Waals surface area contributed by atoms with Crippen molar-refractivity contribution in [3.63, 3.8) is 0 Å². The molecule has 0 radical (unpaired) electrons. The number of hydrogen-bond donors (Lipinski definition) is 2. The van der Waals surface area contributed by atoms with E-state index in [0.29, 0.717) is 0 Å². The Morgan fingerprint density at radius 1 is 1.38 bits per heavy atom. The number of nitrogens with one attached hydrogen (secondary N) is 2. The summed E-state index contributed by atoms with van der Waals surface area (Å²) >= 11 is 0. The van der Waals surface area contributed by atoms with Crippen molar-refractivity contribution < 1.29 is 0 Å². The van der Waals surface area contributed by atoms with Gasteiger partial charge in [-0.25, -0.2) is 0 Å². The molecule has 0 atom stereocenters. The van der Waals surface area contributed by atoms with E-state index in [1.165, 1.54) is 25.9 Å². The zero-order valence-corrected chi connectivity index (χ0v) is 9.54. The molecule has 2 heterocycles. The minimum atomic E-state index is -0.0288. The number of nitrogens with zero attached hydrogens (tertiary/aromatic N) is 1. The van der Waals surface area contributed by atoms with Gasteiger partial charge in [-0.1, -0.05) is 0 Å². The predicted octanol–water partition coefficient (Wildman–Crippen LogP) is 0.560. The van der Waals surface area contributed by atoms with Crippen LogP contribution < -0.4 is 10.9 Å². The molecule has 0 unspecified atom stereocenters. The zero-order chi connectivity index (χ0) is 11.2. The third kappa shape index (κ3) is 3.47. The van der Waals surface area contributed by atoms with Crippen LogP contribution in [0.25, 0.3) is 0 Å². The second kappa shape index (κ2) is 5.82. The van der Waals surface area contributed by atoms with Crippen molar-refractivity contribution in [1.82, 2.24) is 15.2 Å². The number of rotatable bonds is 5. The highest BCUT2D eigenvalue weighted by atomic mass is 16.1. The topological polar surface area (TPSA) is 48.1 Å². The fourth-order valence-corrected chi connectivity index (χ4v) is 2.08. The van der Waals surface area contributed by atoms with Crippen LogP contribution >= 0.6 is 0 Å². The summed E-state index contributed by atoms with van der Waals surface area (Å²) in [4.78, 5) is 16.1. The fraction of sp³-hybridized carbons (Fsp3) is 0.583. The smallest absolute Gasteiger partial charge is 0.248 e. The summed E-state index contributed by atoms with van der Waals surface area (Å²) in [5, 5.41) is 3.36. The summed E-state index contributed by atoms with van der Waals surface area (Å²) in [5.41, 5.74) is 1.02. The summed E-state index contributed by atoms with van der Waals surface area (Å²) in [6.07, 6.45) is 4.38. The van der Waals surface area contributed by atoms with Gasteiger partial charge in [-0.15, -0.1) is 0 Å². The second-order valence-electron chi connectivity index (χ2n) is 4.29. The number of likely N-dealkylation sites (tertiary alicyclic amines) is 1. The molecule has 1 aromatic heterocycles. The average Bonchev–Trinajstić information content (AvgIpc) is 2.77. The van der Waals surface area contributed by atoms with Crippen LogP contribution in [-0.2, 0) is 6.54 Å². The Morgan fingerprint density at radius 2 is 2.19 bits per heavy atom. The van der Waals surface area contributed by atoms with Crippen molar-refractivity contribution >= 4 is 0 Å². The highest BCUT2D eigenvalue weighted by molar-refractivity contribution is 5.09. The predicted molar refractivity (Wildman–Crippen MR) is 64.4 cm³/mol. The molecule has 0 aliphatic carbocycles. The van der Waals surface area contributed by atoms with E-state index in [0.717, 1.165) is 25.2 Å². The normalized spacial score (nSPS) is 16.8. The molecule has 0 spiro atoms. The largest absolute Gasteiger partial charge is 0.329 e. The Kier molecular flexibility index (Phi) is 4.13. The van der Waals surface area contributed by atoms with Gasteiger partial charge >= 0.3 is 0 Å². The van der Waals surface area contributed by atoms with Crippen molar-refractivity contribution in [2.75, 3.05) is 26.2 Å². The lowest BCUT2D eigenvalue weighted by Crippen LogP contribution is -2.29. The van der Waals surface area contributed by atoms with Gasteiger partial charge < -0.3 is 15.2 Å². The van der Waals surface area contributed by atoms with Gasteiger partial charge in [-0.3, -0.25) is 4.79 Å². The van der Waals surface area contributed by atoms with E-state index in [-0.39, 0.29) is 5.56 Å². The maximum atomic E-state index is 11.0. The number of aromatic nitrogens is 1. The Bertz CT molecular complexity index is 369. The molecule has 0 amide bonds. The minimum Gasteiger partial charge on any atom is -0.329 e. The molecule has 2 N–H and O–H groups in total. The van der Waals surface area contributed by atoms with Gasteiger partial charge in [0.2, 0.25) is 5.56 Å². The van der Waals surface area contributed by atoms with Crippen LogP contribution in [-0.4, -0.2) is 36.1 Å². The van der Waals surface area contributed by atoms with Crippen LogP contribution in [0.2, 0.25) is 0 Å². The first-order chi connectivity index (χ1) is 7.84. The van der Waals surface area contributed by atoms with E-state index < -0.39 is 0 Å². The SMILES string of the molecule is O=c1cc(CNCCN2CCCC2)cc[nH]1. The number of H-pyrrole nitrogens is 1. The van der Waals surface area contributed by atoms with Crippen molar-refractivity contribution in [3.05, 3.63) is 34.2 Å². The van der Waals surface area contributed by atoms with Crippen molar-refractivity contribution in [3.8, 4) is 0 Å². The van der Waals surface area contributed by atoms with E-state index in [1.807, 2.05) is 6.07 Å². The van der Waals surface area contributed by atoms with Gasteiger partial charge in [-0.2, -0.15) is 0 Å². The molecule has 1 aromatic rings. The Labute approximate surface area is 95.7 Å². The van der Waals surface area contributed by atoms with Gasteiger partial charge in [0.1, 0.15) is 0 Å². The van der Waals surface area contributed by atoms with Crippen molar-refractivity contribution in [2.24, 2.45) is 0 Å². The lowest BCUT2D eigenvalue weighted by molar-refractivity contribution is 0.335. The third-order valence-electron chi connectivity index (χ3n) is 2.97. The molecule has 2 rings (SSSR count). The Balaban J connectivity index is 1.66. The van der Waals surface area contributed by atoms with Crippen LogP contribution in [0.3, 0.4) is 0 Å². The van der Waals surface area contributed by atoms with Crippen molar-refractivity contribution in [2.45, 2.75) is 19.4 Å². The summed E-state index contributed by atoms with van der Waals surface area (Å²) in [5.74, 6) is 0. The van der Waals surface area contributed by atoms with Crippen LogP contribution in [0.15, 0.2) is 23.1 Å². The second-order valence-corrected chi connectivity index (χ2v) is 4.29. The van der Waals surface area contributed by atoms with Crippen LogP contribution in [0.4, 0.5) is 0 Å². The maximum absolute atomic E-state index is 11.0. The van der Waals surface area contributed by atoms with Gasteiger partial charge in [0, 0.05) is 31.9 Å². The van der Waals surface area contributed by atoms with Gasteiger partial charge in [0.15, 0.2) is 0 Å². The quantitative estimate of drug-likeness (QED) is 0.714. The summed E-state index contributed by atoms with van der Waals surface area (Å²) < 4.78 is 0. The molecular formula is C12H19N3O. The minimum absolute atomic E-state index is 0.0288. The monoisotopic (exact) mass is 221 g/mol. The molecule has 4 heteroatoms. The molecular weight excluding hydrogens is 202 g/mol. The Morgan fingerprint density at radius 3 is 2.94 bits per heavy atom. The highest BCUT2D eigenvalue weighted by Gasteiger charge is 2.09. The maximum Gasteiger partial charge on any atom is 0.248 e. The van der Waals surface area contributed by atoms with E-state index in [9.17, 15) is 4.79 Å². The third-order valence-corrected chi connectivity index (χ3v) is 2.97. The molecule has 0 bridgehead atoms. The van der Waals surface area contributed by atoms with Crippen LogP contribution in [0.1, 0.15) is 18.4 Å². The van der Waals surface area contributed by atoms with Gasteiger partial charge in [0.25, 0.3) is 0 Å². The highest BCUT2D eigenvalue weighted by Crippen LogP contribution is 2.05. The first-order valence-electron chi connectivity index (χ1n) is 5.95. The number of aromatic amines is 1. The van der Waals surface area contributed by atoms with E-state index >= 15 is 0 Å². The first-order valence-corrected chi connectivity index (χ1v) is 5.95. The molecule has 1 fully saturated rings. The number of hydrogen-bond acceptors (Lipinski definition) is 3. The lowest BCUT2D eigenvalue weighted by Gasteiger charge is -2.14. The summed E-state index contributed by atoms with van der Waals surface area (Å²) in [7, 11) is 0. The molecule has 88 valence electrons. The fourth-order valence-electron chi connectivity index (χ4n) is 2.08. The van der Waals surface area contributed by atoms with Crippen LogP contribution in [0, 0.1) is 0 Å². The van der Waals surface area contributed by atoms with E-state index in [4.69, 9.17) is 0 Å². The average molecular weight is 221 g/mol. The molecule has 4 nitrogen and oxygen atoms in total. The first kappa shape index (κ1) is 11.4. The molecule has 1 aliphatic rings. The van der Waals surface area contributed by atoms with Gasteiger partial charge in [-0.05, 0) is 37.6 Å². The molecule has 1 aliphatic heterocycles. The van der Waals surface area contributed by atoms with Gasteiger partial charge in [0.05, 0.1) is 0 Å². The molecule has 1 saturated heterocycles. The van der Waals surface area contributed by atoms with Crippen LogP contribution in [0.5, 0.6) is 0 Å².